The fourth-order valence-electron chi connectivity index (χ4n) is 3.49. The van der Waals surface area contributed by atoms with Crippen molar-refractivity contribution in [3.8, 4) is 0 Å². The van der Waals surface area contributed by atoms with Gasteiger partial charge in [0.2, 0.25) is 17.8 Å². The number of hydrogen-bond acceptors (Lipinski definition) is 10. The number of rotatable bonds is 9. The van der Waals surface area contributed by atoms with Gasteiger partial charge in [-0.2, -0.15) is 15.0 Å². The van der Waals surface area contributed by atoms with Gasteiger partial charge in [0, 0.05) is 33.0 Å². The Labute approximate surface area is 249 Å². The number of carbonyl (C=O) groups is 3. The lowest BCUT2D eigenvalue weighted by Gasteiger charge is -2.20. The Balaban J connectivity index is 1.59. The van der Waals surface area contributed by atoms with Gasteiger partial charge < -0.3 is 29.4 Å². The van der Waals surface area contributed by atoms with Crippen LogP contribution in [0.3, 0.4) is 0 Å². The Bertz CT molecular complexity index is 1560. The Morgan fingerprint density at radius 3 is 1.37 bits per heavy atom. The largest absolute Gasteiger partial charge is 0.561 e. The molecule has 13 heteroatoms. The quantitative estimate of drug-likeness (QED) is 0.141. The summed E-state index contributed by atoms with van der Waals surface area (Å²) in [4.78, 5) is 48.8. The molecule has 4 rings (SSSR count). The van der Waals surface area contributed by atoms with Gasteiger partial charge >= 0.3 is 11.9 Å². The van der Waals surface area contributed by atoms with Crippen molar-refractivity contribution in [1.82, 2.24) is 20.3 Å². The smallest absolute Gasteiger partial charge is 0.549 e. The molecule has 0 fully saturated rings. The van der Waals surface area contributed by atoms with Gasteiger partial charge in [0.05, 0.1) is 5.56 Å². The number of amides is 1. The van der Waals surface area contributed by atoms with Crippen LogP contribution in [0.15, 0.2) is 72.8 Å². The van der Waals surface area contributed by atoms with E-state index in [4.69, 9.17) is 8.17 Å². The lowest BCUT2D eigenvalue weighted by molar-refractivity contribution is 0.0695. The lowest BCUT2D eigenvalue weighted by atomic mass is 10.1. The lowest BCUT2D eigenvalue weighted by Crippen LogP contribution is -2.40. The highest BCUT2D eigenvalue weighted by Crippen LogP contribution is 2.22. The summed E-state index contributed by atoms with van der Waals surface area (Å²) in [6.45, 7) is 5.74. The summed E-state index contributed by atoms with van der Waals surface area (Å²) >= 11 is 1.53. The Morgan fingerprint density at radius 1 is 0.659 bits per heavy atom. The second-order valence-electron chi connectivity index (χ2n) is 9.81. The van der Waals surface area contributed by atoms with E-state index < -0.39 is 11.9 Å². The molecule has 210 valence electrons. The molecule has 1 heterocycles. The topological polar surface area (TPSA) is 170 Å². The number of carbonyl (C=O) groups excluding carboxylic acids is 3. The van der Waals surface area contributed by atoms with Crippen LogP contribution in [0.25, 0.3) is 0 Å². The first-order chi connectivity index (χ1) is 19.5. The molecule has 6 N–H and O–H groups in total. The standard InChI is InChI=1S/C28H26IN7O5/c1-28(2,3)36-22(37)16-4-10-19(11-5-16)30-25-33-26(31-20-12-6-17(7-13-20)23(38)39)35-27(34-25)32-21-14-8-18(9-15-21)24(40)41-29/h4-15H,1-3H3,(H,36,37)(H,38,39)(H3,30,31,32,33,34,35)/p+1. The normalized spacial score (nSPS) is 10.8. The van der Waals surface area contributed by atoms with Crippen molar-refractivity contribution in [1.29, 1.82) is 0 Å². The number of benzene rings is 3. The third-order valence-corrected chi connectivity index (χ3v) is 5.78. The average molecular weight is 668 g/mol. The highest BCUT2D eigenvalue weighted by molar-refractivity contribution is 14.1. The van der Waals surface area contributed by atoms with Crippen molar-refractivity contribution in [2.75, 3.05) is 16.0 Å². The van der Waals surface area contributed by atoms with Gasteiger partial charge in [-0.3, -0.25) is 4.79 Å². The molecule has 41 heavy (non-hydrogen) atoms. The first kappa shape index (κ1) is 29.2. The zero-order valence-corrected chi connectivity index (χ0v) is 24.4. The van der Waals surface area contributed by atoms with E-state index in [1.54, 1.807) is 60.7 Å². The zero-order valence-electron chi connectivity index (χ0n) is 22.3. The van der Waals surface area contributed by atoms with Gasteiger partial charge in [0.1, 0.15) is 5.56 Å². The van der Waals surface area contributed by atoms with Crippen LogP contribution in [0, 0.1) is 0 Å². The molecule has 0 spiro atoms. The predicted octanol–water partition coefficient (Wildman–Crippen LogP) is 5.00. The number of nitrogens with one attached hydrogen (secondary N) is 4. The van der Waals surface area contributed by atoms with Gasteiger partial charge in [-0.15, -0.1) is 0 Å². The summed E-state index contributed by atoms with van der Waals surface area (Å²) in [5, 5.41) is 19.5. The fourth-order valence-corrected chi connectivity index (χ4v) is 3.74. The van der Waals surface area contributed by atoms with Crippen LogP contribution in [-0.4, -0.2) is 43.4 Å². The van der Waals surface area contributed by atoms with E-state index >= 15 is 0 Å². The number of anilines is 6. The molecule has 0 saturated heterocycles. The minimum Gasteiger partial charge on any atom is -0.561 e. The highest BCUT2D eigenvalue weighted by Gasteiger charge is 2.16. The molecule has 1 amide bonds. The highest BCUT2D eigenvalue weighted by atomic mass is 127. The summed E-state index contributed by atoms with van der Waals surface area (Å²) in [5.41, 5.74) is 2.64. The minimum absolute atomic E-state index is 0.182. The van der Waals surface area contributed by atoms with Crippen molar-refractivity contribution in [3.63, 3.8) is 0 Å². The SMILES string of the molecule is CC(C)(C)NC(=O)c1ccc(Nc2nc(Nc3ccc(C(=O)[OH2+])cc3)nc(Nc3ccc(C(=O)OI)cc3)n2)cc1. The summed E-state index contributed by atoms with van der Waals surface area (Å²) in [7, 11) is 0. The molecule has 0 aliphatic carbocycles. The number of nitrogens with zero attached hydrogens (tertiary/aromatic N) is 3. The molecule has 1 aromatic heterocycles. The second kappa shape index (κ2) is 12.6. The predicted molar refractivity (Wildman–Crippen MR) is 164 cm³/mol. The van der Waals surface area contributed by atoms with Gasteiger partial charge in [-0.1, -0.05) is 0 Å². The van der Waals surface area contributed by atoms with Crippen molar-refractivity contribution in [3.05, 3.63) is 89.5 Å². The molecule has 0 radical (unpaired) electrons. The van der Waals surface area contributed by atoms with Crippen LogP contribution in [0.2, 0.25) is 0 Å². The Morgan fingerprint density at radius 2 is 1.02 bits per heavy atom. The van der Waals surface area contributed by atoms with Gasteiger partial charge in [-0.25, -0.2) is 4.79 Å². The van der Waals surface area contributed by atoms with Gasteiger partial charge in [0.15, 0.2) is 23.0 Å². The molecule has 0 aliphatic heterocycles. The van der Waals surface area contributed by atoms with E-state index in [1.807, 2.05) is 20.8 Å². The monoisotopic (exact) mass is 668 g/mol. The van der Waals surface area contributed by atoms with Crippen molar-refractivity contribution >= 4 is 75.8 Å². The van der Waals surface area contributed by atoms with Crippen LogP contribution < -0.4 is 21.3 Å². The van der Waals surface area contributed by atoms with E-state index in [9.17, 15) is 14.4 Å². The van der Waals surface area contributed by atoms with Crippen LogP contribution in [-0.2, 0) is 3.07 Å². The average Bonchev–Trinajstić information content (AvgIpc) is 2.92. The zero-order chi connectivity index (χ0) is 29.6. The van der Waals surface area contributed by atoms with Gasteiger partial charge in [0.25, 0.3) is 5.91 Å². The number of aromatic nitrogens is 3. The molecule has 0 atom stereocenters. The van der Waals surface area contributed by atoms with Crippen molar-refractivity contribution < 1.29 is 22.6 Å². The molecule has 0 unspecified atom stereocenters. The van der Waals surface area contributed by atoms with E-state index in [2.05, 4.69) is 36.2 Å². The first-order valence-corrected chi connectivity index (χ1v) is 13.2. The molecular formula is C28H27IN7O5+. The molecule has 3 aromatic carbocycles. The number of halogens is 1. The maximum atomic E-state index is 12.5. The first-order valence-electron chi connectivity index (χ1n) is 12.3. The summed E-state index contributed by atoms with van der Waals surface area (Å²) in [5.74, 6) is -0.822. The van der Waals surface area contributed by atoms with Crippen LogP contribution in [0.4, 0.5) is 34.9 Å². The summed E-state index contributed by atoms with van der Waals surface area (Å²) in [6.07, 6.45) is 0. The second-order valence-corrected chi connectivity index (χ2v) is 10.3. The summed E-state index contributed by atoms with van der Waals surface area (Å²) < 4.78 is 4.71. The summed E-state index contributed by atoms with van der Waals surface area (Å²) in [6, 6.07) is 19.8. The Kier molecular flexibility index (Phi) is 8.97. The van der Waals surface area contributed by atoms with Crippen molar-refractivity contribution in [2.45, 2.75) is 26.3 Å². The maximum Gasteiger partial charge on any atom is 0.549 e. The Hall–Kier alpha value is -4.79. The van der Waals surface area contributed by atoms with E-state index in [-0.39, 0.29) is 34.9 Å². The van der Waals surface area contributed by atoms with E-state index in [1.165, 1.54) is 35.1 Å². The van der Waals surface area contributed by atoms with E-state index in [0.29, 0.717) is 28.2 Å². The van der Waals surface area contributed by atoms with Crippen LogP contribution >= 0.6 is 23.0 Å². The van der Waals surface area contributed by atoms with E-state index in [0.717, 1.165) is 0 Å². The van der Waals surface area contributed by atoms with Crippen LogP contribution in [0.1, 0.15) is 51.8 Å². The van der Waals surface area contributed by atoms with Crippen LogP contribution in [0.5, 0.6) is 0 Å². The fraction of sp³-hybridized carbons (Fsp3) is 0.143. The minimum atomic E-state index is -0.783. The third-order valence-electron chi connectivity index (χ3n) is 5.38. The molecule has 0 aliphatic rings. The van der Waals surface area contributed by atoms with Gasteiger partial charge in [-0.05, 0) is 93.6 Å². The molecule has 12 nitrogen and oxygen atoms in total. The molecule has 0 bridgehead atoms. The maximum absolute atomic E-state index is 12.5. The molecular weight excluding hydrogens is 641 g/mol. The number of hydrogen-bond donors (Lipinski definition) is 4. The third kappa shape index (κ3) is 8.35. The molecule has 0 saturated carbocycles. The van der Waals surface area contributed by atoms with Crippen molar-refractivity contribution in [2.24, 2.45) is 0 Å². The molecule has 4 aromatic rings.